The first-order valence-electron chi connectivity index (χ1n) is 6.27. The lowest BCUT2D eigenvalue weighted by Crippen LogP contribution is -2.50. The molecular formula is C13H26O3. The fraction of sp³-hybridized carbons (Fsp3) is 1.00. The van der Waals surface area contributed by atoms with Crippen molar-refractivity contribution in [3.05, 3.63) is 0 Å². The van der Waals surface area contributed by atoms with E-state index in [2.05, 4.69) is 13.8 Å². The maximum absolute atomic E-state index is 10.2. The monoisotopic (exact) mass is 230 g/mol. The Kier molecular flexibility index (Phi) is 4.77. The number of aliphatic hydroxyl groups is 1. The SMILES string of the molecule is CCOCC(O)C1(OC)CCC(C)(C)CC1. The molecule has 96 valence electrons. The highest BCUT2D eigenvalue weighted by molar-refractivity contribution is 4.95. The van der Waals surface area contributed by atoms with E-state index in [-0.39, 0.29) is 5.60 Å². The van der Waals surface area contributed by atoms with Crippen LogP contribution in [0.3, 0.4) is 0 Å². The topological polar surface area (TPSA) is 38.7 Å². The number of rotatable bonds is 5. The molecule has 0 spiro atoms. The van der Waals surface area contributed by atoms with Gasteiger partial charge in [-0.25, -0.2) is 0 Å². The third kappa shape index (κ3) is 3.19. The zero-order valence-electron chi connectivity index (χ0n) is 11.1. The predicted molar refractivity (Wildman–Crippen MR) is 64.5 cm³/mol. The Balaban J connectivity index is 2.58. The summed E-state index contributed by atoms with van der Waals surface area (Å²) < 4.78 is 10.9. The van der Waals surface area contributed by atoms with Crippen LogP contribution in [-0.2, 0) is 9.47 Å². The minimum Gasteiger partial charge on any atom is -0.388 e. The van der Waals surface area contributed by atoms with E-state index in [0.717, 1.165) is 25.7 Å². The van der Waals surface area contributed by atoms with Gasteiger partial charge in [-0.3, -0.25) is 0 Å². The minimum atomic E-state index is -0.506. The Morgan fingerprint density at radius 1 is 1.19 bits per heavy atom. The third-order valence-corrected chi connectivity index (χ3v) is 3.94. The molecule has 0 aromatic rings. The first-order valence-corrected chi connectivity index (χ1v) is 6.27. The van der Waals surface area contributed by atoms with Crippen molar-refractivity contribution in [1.82, 2.24) is 0 Å². The van der Waals surface area contributed by atoms with E-state index in [1.807, 2.05) is 6.92 Å². The molecule has 0 bridgehead atoms. The average Bonchev–Trinajstić information content (AvgIpc) is 2.27. The maximum atomic E-state index is 10.2. The summed E-state index contributed by atoms with van der Waals surface area (Å²) in [6.45, 7) is 7.52. The van der Waals surface area contributed by atoms with Crippen LogP contribution < -0.4 is 0 Å². The fourth-order valence-electron chi connectivity index (χ4n) is 2.40. The van der Waals surface area contributed by atoms with Gasteiger partial charge in [-0.1, -0.05) is 13.8 Å². The smallest absolute Gasteiger partial charge is 0.106 e. The molecule has 0 heterocycles. The molecule has 1 saturated carbocycles. The zero-order valence-corrected chi connectivity index (χ0v) is 11.1. The second kappa shape index (κ2) is 5.48. The van der Waals surface area contributed by atoms with Crippen molar-refractivity contribution in [3.63, 3.8) is 0 Å². The van der Waals surface area contributed by atoms with E-state index in [1.165, 1.54) is 0 Å². The van der Waals surface area contributed by atoms with Crippen molar-refractivity contribution in [2.45, 2.75) is 58.2 Å². The van der Waals surface area contributed by atoms with E-state index in [4.69, 9.17) is 9.47 Å². The van der Waals surface area contributed by atoms with Gasteiger partial charge in [-0.05, 0) is 38.0 Å². The Bertz CT molecular complexity index is 203. The molecule has 1 unspecified atom stereocenters. The summed E-state index contributed by atoms with van der Waals surface area (Å²) >= 11 is 0. The lowest BCUT2D eigenvalue weighted by molar-refractivity contribution is -0.154. The lowest BCUT2D eigenvalue weighted by Gasteiger charge is -2.45. The Hall–Kier alpha value is -0.120. The normalized spacial score (nSPS) is 25.3. The van der Waals surface area contributed by atoms with Crippen molar-refractivity contribution in [2.24, 2.45) is 5.41 Å². The van der Waals surface area contributed by atoms with Crippen LogP contribution in [0.4, 0.5) is 0 Å². The molecule has 0 saturated heterocycles. The van der Waals surface area contributed by atoms with E-state index in [0.29, 0.717) is 18.6 Å². The summed E-state index contributed by atoms with van der Waals surface area (Å²) in [7, 11) is 1.70. The van der Waals surface area contributed by atoms with Crippen molar-refractivity contribution >= 4 is 0 Å². The van der Waals surface area contributed by atoms with Gasteiger partial charge < -0.3 is 14.6 Å². The summed E-state index contributed by atoms with van der Waals surface area (Å²) in [6, 6.07) is 0. The molecule has 0 aromatic carbocycles. The van der Waals surface area contributed by atoms with Crippen LogP contribution in [0.1, 0.15) is 46.5 Å². The molecule has 1 aliphatic carbocycles. The van der Waals surface area contributed by atoms with Gasteiger partial charge in [0.15, 0.2) is 0 Å². The van der Waals surface area contributed by atoms with Crippen LogP contribution >= 0.6 is 0 Å². The molecule has 16 heavy (non-hydrogen) atoms. The van der Waals surface area contributed by atoms with Crippen LogP contribution in [-0.4, -0.2) is 37.1 Å². The van der Waals surface area contributed by atoms with E-state index < -0.39 is 6.10 Å². The van der Waals surface area contributed by atoms with Gasteiger partial charge in [0, 0.05) is 13.7 Å². The van der Waals surface area contributed by atoms with Gasteiger partial charge in [0.25, 0.3) is 0 Å². The van der Waals surface area contributed by atoms with Gasteiger partial charge >= 0.3 is 0 Å². The Morgan fingerprint density at radius 3 is 2.19 bits per heavy atom. The molecule has 0 amide bonds. The predicted octanol–water partition coefficient (Wildman–Crippen LogP) is 2.37. The second-order valence-electron chi connectivity index (χ2n) is 5.61. The zero-order chi connectivity index (χ0) is 12.2. The van der Waals surface area contributed by atoms with Crippen molar-refractivity contribution in [2.75, 3.05) is 20.3 Å². The summed E-state index contributed by atoms with van der Waals surface area (Å²) in [5.41, 5.74) is -0.00193. The quantitative estimate of drug-likeness (QED) is 0.788. The molecular weight excluding hydrogens is 204 g/mol. The summed E-state index contributed by atoms with van der Waals surface area (Å²) in [6.07, 6.45) is 3.54. The highest BCUT2D eigenvalue weighted by Gasteiger charge is 2.43. The molecule has 1 atom stereocenters. The van der Waals surface area contributed by atoms with E-state index in [1.54, 1.807) is 7.11 Å². The first-order chi connectivity index (χ1) is 7.46. The Labute approximate surface area is 99.1 Å². The van der Waals surface area contributed by atoms with Gasteiger partial charge in [-0.15, -0.1) is 0 Å². The van der Waals surface area contributed by atoms with Crippen LogP contribution in [0.5, 0.6) is 0 Å². The summed E-state index contributed by atoms with van der Waals surface area (Å²) in [5, 5.41) is 10.2. The molecule has 0 radical (unpaired) electrons. The second-order valence-corrected chi connectivity index (χ2v) is 5.61. The summed E-state index contributed by atoms with van der Waals surface area (Å²) in [5.74, 6) is 0. The van der Waals surface area contributed by atoms with Gasteiger partial charge in [0.1, 0.15) is 6.10 Å². The highest BCUT2D eigenvalue weighted by Crippen LogP contribution is 2.43. The van der Waals surface area contributed by atoms with Crippen LogP contribution in [0.2, 0.25) is 0 Å². The molecule has 3 nitrogen and oxygen atoms in total. The number of hydrogen-bond donors (Lipinski definition) is 1. The van der Waals surface area contributed by atoms with Crippen molar-refractivity contribution in [1.29, 1.82) is 0 Å². The van der Waals surface area contributed by atoms with Gasteiger partial charge in [0.2, 0.25) is 0 Å². The van der Waals surface area contributed by atoms with Crippen LogP contribution in [0, 0.1) is 5.41 Å². The fourth-order valence-corrected chi connectivity index (χ4v) is 2.40. The van der Waals surface area contributed by atoms with Crippen LogP contribution in [0.15, 0.2) is 0 Å². The number of aliphatic hydroxyl groups excluding tert-OH is 1. The Morgan fingerprint density at radius 2 is 1.75 bits per heavy atom. The third-order valence-electron chi connectivity index (χ3n) is 3.94. The number of hydrogen-bond acceptors (Lipinski definition) is 3. The number of ether oxygens (including phenoxy) is 2. The average molecular weight is 230 g/mol. The van der Waals surface area contributed by atoms with E-state index >= 15 is 0 Å². The lowest BCUT2D eigenvalue weighted by atomic mass is 9.69. The molecule has 0 aromatic heterocycles. The standard InChI is InChI=1S/C13H26O3/c1-5-16-10-11(14)13(15-4)8-6-12(2,3)7-9-13/h11,14H,5-10H2,1-4H3. The molecule has 3 heteroatoms. The molecule has 1 aliphatic rings. The van der Waals surface area contributed by atoms with E-state index in [9.17, 15) is 5.11 Å². The van der Waals surface area contributed by atoms with Crippen molar-refractivity contribution in [3.8, 4) is 0 Å². The molecule has 1 rings (SSSR count). The molecule has 1 N–H and O–H groups in total. The largest absolute Gasteiger partial charge is 0.388 e. The maximum Gasteiger partial charge on any atom is 0.106 e. The van der Waals surface area contributed by atoms with Gasteiger partial charge in [-0.2, -0.15) is 0 Å². The molecule has 0 aliphatic heterocycles. The minimum absolute atomic E-state index is 0.380. The highest BCUT2D eigenvalue weighted by atomic mass is 16.5. The first kappa shape index (κ1) is 13.9. The van der Waals surface area contributed by atoms with Crippen molar-refractivity contribution < 1.29 is 14.6 Å². The molecule has 1 fully saturated rings. The summed E-state index contributed by atoms with van der Waals surface area (Å²) in [4.78, 5) is 0. The number of methoxy groups -OCH3 is 1. The van der Waals surface area contributed by atoms with Gasteiger partial charge in [0.05, 0.1) is 12.2 Å². The van der Waals surface area contributed by atoms with Crippen LogP contribution in [0.25, 0.3) is 0 Å².